The predicted octanol–water partition coefficient (Wildman–Crippen LogP) is 4.72. The molecule has 1 aromatic carbocycles. The van der Waals surface area contributed by atoms with E-state index in [0.29, 0.717) is 23.5 Å². The lowest BCUT2D eigenvalue weighted by atomic mass is 10.1. The Morgan fingerprint density at radius 3 is 2.71 bits per heavy atom. The minimum atomic E-state index is -4.54. The SMILES string of the molecule is O=C(c1ccc(Br)cc1C(F)(F)F)N1CCC(CCBr)C1. The number of benzene rings is 1. The van der Waals surface area contributed by atoms with E-state index in [9.17, 15) is 18.0 Å². The van der Waals surface area contributed by atoms with Crippen LogP contribution in [0.15, 0.2) is 22.7 Å². The number of hydrogen-bond donors (Lipinski definition) is 0. The fraction of sp³-hybridized carbons (Fsp3) is 0.500. The van der Waals surface area contributed by atoms with Crippen molar-refractivity contribution in [3.8, 4) is 0 Å². The topological polar surface area (TPSA) is 20.3 Å². The average molecular weight is 429 g/mol. The molecule has 21 heavy (non-hydrogen) atoms. The van der Waals surface area contributed by atoms with Gasteiger partial charge in [-0.15, -0.1) is 0 Å². The molecule has 0 saturated carbocycles. The highest BCUT2D eigenvalue weighted by Gasteiger charge is 2.37. The van der Waals surface area contributed by atoms with E-state index in [4.69, 9.17) is 0 Å². The smallest absolute Gasteiger partial charge is 0.338 e. The van der Waals surface area contributed by atoms with Crippen LogP contribution in [0, 0.1) is 5.92 Å². The number of halogens is 5. The maximum atomic E-state index is 13.1. The van der Waals surface area contributed by atoms with Crippen molar-refractivity contribution in [3.63, 3.8) is 0 Å². The van der Waals surface area contributed by atoms with Gasteiger partial charge in [-0.25, -0.2) is 0 Å². The van der Waals surface area contributed by atoms with E-state index in [2.05, 4.69) is 31.9 Å². The summed E-state index contributed by atoms with van der Waals surface area (Å²) in [5.74, 6) is -0.176. The molecule has 1 aromatic rings. The van der Waals surface area contributed by atoms with E-state index in [1.165, 1.54) is 17.0 Å². The summed E-state index contributed by atoms with van der Waals surface area (Å²) in [4.78, 5) is 13.9. The largest absolute Gasteiger partial charge is 0.417 e. The van der Waals surface area contributed by atoms with Crippen LogP contribution in [-0.2, 0) is 6.18 Å². The van der Waals surface area contributed by atoms with Crippen LogP contribution in [0.1, 0.15) is 28.8 Å². The van der Waals surface area contributed by atoms with E-state index in [0.717, 1.165) is 24.2 Å². The van der Waals surface area contributed by atoms with Crippen LogP contribution < -0.4 is 0 Å². The summed E-state index contributed by atoms with van der Waals surface area (Å²) in [5, 5.41) is 0.839. The van der Waals surface area contributed by atoms with Gasteiger partial charge in [-0.1, -0.05) is 31.9 Å². The minimum absolute atomic E-state index is 0.273. The first-order chi connectivity index (χ1) is 9.82. The van der Waals surface area contributed by atoms with Crippen molar-refractivity contribution in [1.82, 2.24) is 4.90 Å². The monoisotopic (exact) mass is 427 g/mol. The molecule has 1 heterocycles. The maximum Gasteiger partial charge on any atom is 0.417 e. The van der Waals surface area contributed by atoms with Gasteiger partial charge in [-0.05, 0) is 37.0 Å². The number of alkyl halides is 4. The zero-order chi connectivity index (χ0) is 15.6. The van der Waals surface area contributed by atoms with Crippen molar-refractivity contribution in [3.05, 3.63) is 33.8 Å². The van der Waals surface area contributed by atoms with Gasteiger partial charge in [0, 0.05) is 22.9 Å². The van der Waals surface area contributed by atoms with Crippen LogP contribution >= 0.6 is 31.9 Å². The van der Waals surface area contributed by atoms with Gasteiger partial charge >= 0.3 is 6.18 Å². The number of carbonyl (C=O) groups is 1. The molecule has 1 fully saturated rings. The molecule has 7 heteroatoms. The summed E-state index contributed by atoms with van der Waals surface area (Å²) in [7, 11) is 0. The Kier molecular flexibility index (Phi) is 5.35. The molecular weight excluding hydrogens is 415 g/mol. The van der Waals surface area contributed by atoms with Gasteiger partial charge in [0.15, 0.2) is 0 Å². The lowest BCUT2D eigenvalue weighted by Crippen LogP contribution is -2.30. The summed E-state index contributed by atoms with van der Waals surface area (Å²) < 4.78 is 39.5. The van der Waals surface area contributed by atoms with E-state index in [1.54, 1.807) is 0 Å². The normalized spacial score (nSPS) is 19.1. The zero-order valence-corrected chi connectivity index (χ0v) is 14.3. The van der Waals surface area contributed by atoms with Crippen molar-refractivity contribution in [1.29, 1.82) is 0 Å². The number of likely N-dealkylation sites (tertiary alicyclic amines) is 1. The second kappa shape index (κ2) is 6.69. The van der Waals surface area contributed by atoms with Crippen LogP contribution in [-0.4, -0.2) is 29.2 Å². The lowest BCUT2D eigenvalue weighted by molar-refractivity contribution is -0.138. The maximum absolute atomic E-state index is 13.1. The van der Waals surface area contributed by atoms with Gasteiger partial charge in [0.2, 0.25) is 0 Å². The second-order valence-electron chi connectivity index (χ2n) is 5.07. The number of nitrogens with zero attached hydrogens (tertiary/aromatic N) is 1. The Morgan fingerprint density at radius 2 is 2.10 bits per heavy atom. The Morgan fingerprint density at radius 1 is 1.38 bits per heavy atom. The third-order valence-electron chi connectivity index (χ3n) is 3.61. The van der Waals surface area contributed by atoms with Gasteiger partial charge in [-0.3, -0.25) is 4.79 Å². The molecule has 0 aliphatic carbocycles. The molecule has 0 N–H and O–H groups in total. The first-order valence-electron chi connectivity index (χ1n) is 6.55. The standard InChI is InChI=1S/C14H14Br2F3NO/c15-5-3-9-4-6-20(8-9)13(21)11-2-1-10(16)7-12(11)14(17,18)19/h1-2,7,9H,3-6,8H2. The molecule has 1 amide bonds. The highest BCUT2D eigenvalue weighted by Crippen LogP contribution is 2.35. The summed E-state index contributed by atoms with van der Waals surface area (Å²) in [6.45, 7) is 1.04. The Balaban J connectivity index is 2.24. The third kappa shape index (κ3) is 4.00. The molecule has 0 aromatic heterocycles. The van der Waals surface area contributed by atoms with Crippen molar-refractivity contribution in [2.75, 3.05) is 18.4 Å². The fourth-order valence-electron chi connectivity index (χ4n) is 2.51. The minimum Gasteiger partial charge on any atom is -0.338 e. The van der Waals surface area contributed by atoms with Gasteiger partial charge in [0.05, 0.1) is 11.1 Å². The van der Waals surface area contributed by atoms with Crippen LogP contribution in [0.4, 0.5) is 13.2 Å². The summed E-state index contributed by atoms with van der Waals surface area (Å²) in [6, 6.07) is 3.67. The van der Waals surface area contributed by atoms with Crippen molar-refractivity contribution in [2.24, 2.45) is 5.92 Å². The molecule has 2 nitrogen and oxygen atoms in total. The Labute approximate surface area is 137 Å². The lowest BCUT2D eigenvalue weighted by Gasteiger charge is -2.19. The van der Waals surface area contributed by atoms with E-state index in [-0.39, 0.29) is 5.56 Å². The zero-order valence-electron chi connectivity index (χ0n) is 11.1. The van der Waals surface area contributed by atoms with Crippen LogP contribution in [0.25, 0.3) is 0 Å². The molecule has 0 spiro atoms. The summed E-state index contributed by atoms with van der Waals surface area (Å²) in [5.41, 5.74) is -1.16. The van der Waals surface area contributed by atoms with Gasteiger partial charge in [-0.2, -0.15) is 13.2 Å². The second-order valence-corrected chi connectivity index (χ2v) is 6.78. The molecule has 1 unspecified atom stereocenters. The molecule has 2 rings (SSSR count). The first kappa shape index (κ1) is 16.8. The molecule has 1 saturated heterocycles. The van der Waals surface area contributed by atoms with Gasteiger partial charge < -0.3 is 4.90 Å². The molecular formula is C14H14Br2F3NO. The van der Waals surface area contributed by atoms with E-state index in [1.807, 2.05) is 0 Å². The molecule has 1 aliphatic rings. The van der Waals surface area contributed by atoms with Crippen LogP contribution in [0.5, 0.6) is 0 Å². The predicted molar refractivity (Wildman–Crippen MR) is 81.6 cm³/mol. The molecule has 0 radical (unpaired) electrons. The van der Waals surface area contributed by atoms with E-state index < -0.39 is 17.6 Å². The quantitative estimate of drug-likeness (QED) is 0.638. The van der Waals surface area contributed by atoms with Crippen LogP contribution in [0.3, 0.4) is 0 Å². The highest BCUT2D eigenvalue weighted by molar-refractivity contribution is 9.10. The fourth-order valence-corrected chi connectivity index (χ4v) is 3.52. The summed E-state index contributed by atoms with van der Waals surface area (Å²) >= 11 is 6.37. The average Bonchev–Trinajstić information content (AvgIpc) is 2.86. The van der Waals surface area contributed by atoms with Crippen LogP contribution in [0.2, 0.25) is 0 Å². The Bertz CT molecular complexity index is 533. The number of rotatable bonds is 3. The van der Waals surface area contributed by atoms with Gasteiger partial charge in [0.25, 0.3) is 5.91 Å². The first-order valence-corrected chi connectivity index (χ1v) is 8.46. The summed E-state index contributed by atoms with van der Waals surface area (Å²) in [6.07, 6.45) is -2.77. The number of carbonyl (C=O) groups excluding carboxylic acids is 1. The molecule has 0 bridgehead atoms. The van der Waals surface area contributed by atoms with Gasteiger partial charge in [0.1, 0.15) is 0 Å². The third-order valence-corrected chi connectivity index (χ3v) is 4.56. The van der Waals surface area contributed by atoms with E-state index >= 15 is 0 Å². The molecule has 1 aliphatic heterocycles. The van der Waals surface area contributed by atoms with Crippen molar-refractivity contribution >= 4 is 37.8 Å². The number of hydrogen-bond acceptors (Lipinski definition) is 1. The van der Waals surface area contributed by atoms with Crippen molar-refractivity contribution in [2.45, 2.75) is 19.0 Å². The van der Waals surface area contributed by atoms with Crippen molar-refractivity contribution < 1.29 is 18.0 Å². The highest BCUT2D eigenvalue weighted by atomic mass is 79.9. The molecule has 1 atom stereocenters. The Hall–Kier alpha value is -0.560. The molecule has 116 valence electrons. The number of amides is 1.